The average Bonchev–Trinajstić information content (AvgIpc) is 2.46. The minimum atomic E-state index is -4.64. The fourth-order valence-corrected chi connectivity index (χ4v) is 1.60. The van der Waals surface area contributed by atoms with E-state index in [1.54, 1.807) is 0 Å². The molecular formula is C15H10F6O3. The number of hydrogen-bond acceptors (Lipinski definition) is 3. The standard InChI is InChI=1S/C8H5F3O2.C7H5F3O/c9-8(10,11)6-3-1-2-5(4-12)7(6)13;8-7(9,10)5-3-1-2-4-6(5)11/h1-4,13H;1-4,11H. The molecule has 2 aromatic carbocycles. The van der Waals surface area contributed by atoms with E-state index in [0.717, 1.165) is 24.3 Å². The summed E-state index contributed by atoms with van der Waals surface area (Å²) in [6.07, 6.45) is -8.93. The third-order valence-electron chi connectivity index (χ3n) is 2.71. The van der Waals surface area contributed by atoms with Crippen molar-refractivity contribution in [2.75, 3.05) is 0 Å². The first-order valence-corrected chi connectivity index (χ1v) is 6.18. The van der Waals surface area contributed by atoms with Crippen molar-refractivity contribution in [3.05, 3.63) is 59.2 Å². The molecule has 0 bridgehead atoms. The van der Waals surface area contributed by atoms with Crippen molar-refractivity contribution in [2.24, 2.45) is 0 Å². The van der Waals surface area contributed by atoms with Crippen LogP contribution in [0.2, 0.25) is 0 Å². The summed E-state index contributed by atoms with van der Waals surface area (Å²) in [5.41, 5.74) is -2.56. The SMILES string of the molecule is O=Cc1cccc(C(F)(F)F)c1O.Oc1ccccc1C(F)(F)F. The normalized spacial score (nSPS) is 11.4. The highest BCUT2D eigenvalue weighted by molar-refractivity contribution is 5.80. The van der Waals surface area contributed by atoms with Gasteiger partial charge in [0.25, 0.3) is 0 Å². The van der Waals surface area contributed by atoms with Gasteiger partial charge in [0.2, 0.25) is 0 Å². The Bertz CT molecular complexity index is 707. The molecule has 2 N–H and O–H groups in total. The molecule has 3 nitrogen and oxygen atoms in total. The van der Waals surface area contributed by atoms with Crippen molar-refractivity contribution in [1.29, 1.82) is 0 Å². The number of aromatic hydroxyl groups is 2. The van der Waals surface area contributed by atoms with Crippen LogP contribution in [0, 0.1) is 0 Å². The van der Waals surface area contributed by atoms with Gasteiger partial charge in [0.1, 0.15) is 11.5 Å². The number of para-hydroxylation sites is 2. The number of aldehydes is 1. The van der Waals surface area contributed by atoms with E-state index in [0.29, 0.717) is 6.07 Å². The molecule has 0 saturated heterocycles. The van der Waals surface area contributed by atoms with Gasteiger partial charge in [0.15, 0.2) is 6.29 Å². The Labute approximate surface area is 131 Å². The first-order chi connectivity index (χ1) is 11.0. The smallest absolute Gasteiger partial charge is 0.419 e. The average molecular weight is 352 g/mol. The maximum absolute atomic E-state index is 12.1. The van der Waals surface area contributed by atoms with Crippen LogP contribution in [0.15, 0.2) is 42.5 Å². The molecule has 0 aliphatic heterocycles. The molecule has 0 saturated carbocycles. The van der Waals surface area contributed by atoms with Gasteiger partial charge in [-0.3, -0.25) is 4.79 Å². The Hall–Kier alpha value is -2.71. The van der Waals surface area contributed by atoms with Gasteiger partial charge in [0.05, 0.1) is 16.7 Å². The highest BCUT2D eigenvalue weighted by Gasteiger charge is 2.34. The molecule has 130 valence electrons. The monoisotopic (exact) mass is 352 g/mol. The molecule has 9 heteroatoms. The van der Waals surface area contributed by atoms with E-state index >= 15 is 0 Å². The number of alkyl halides is 6. The second-order valence-electron chi connectivity index (χ2n) is 4.37. The topological polar surface area (TPSA) is 57.5 Å². The van der Waals surface area contributed by atoms with E-state index in [1.807, 2.05) is 0 Å². The van der Waals surface area contributed by atoms with E-state index < -0.39 is 35.0 Å². The minimum Gasteiger partial charge on any atom is -0.507 e. The number of hydrogen-bond donors (Lipinski definition) is 2. The summed E-state index contributed by atoms with van der Waals surface area (Å²) in [5, 5.41) is 17.7. The van der Waals surface area contributed by atoms with Gasteiger partial charge >= 0.3 is 12.4 Å². The van der Waals surface area contributed by atoms with Crippen molar-refractivity contribution in [3.8, 4) is 11.5 Å². The molecule has 0 aliphatic rings. The fourth-order valence-electron chi connectivity index (χ4n) is 1.60. The van der Waals surface area contributed by atoms with Crippen LogP contribution in [0.5, 0.6) is 11.5 Å². The lowest BCUT2D eigenvalue weighted by Crippen LogP contribution is -2.05. The highest BCUT2D eigenvalue weighted by Crippen LogP contribution is 2.37. The quantitative estimate of drug-likeness (QED) is 0.581. The summed E-state index contributed by atoms with van der Waals surface area (Å²) in [4.78, 5) is 10.2. The van der Waals surface area contributed by atoms with Crippen molar-refractivity contribution < 1.29 is 41.4 Å². The predicted octanol–water partition coefficient (Wildman–Crippen LogP) is 4.63. The van der Waals surface area contributed by atoms with Crippen LogP contribution < -0.4 is 0 Å². The van der Waals surface area contributed by atoms with E-state index in [9.17, 15) is 31.1 Å². The summed E-state index contributed by atoms with van der Waals surface area (Å²) >= 11 is 0. The number of halogens is 6. The van der Waals surface area contributed by atoms with Crippen molar-refractivity contribution >= 4 is 6.29 Å². The number of phenolic OH excluding ortho intramolecular Hbond substituents is 2. The van der Waals surface area contributed by atoms with Gasteiger partial charge in [-0.2, -0.15) is 26.3 Å². The van der Waals surface area contributed by atoms with Crippen LogP contribution in [0.3, 0.4) is 0 Å². The number of benzene rings is 2. The van der Waals surface area contributed by atoms with Gasteiger partial charge in [-0.25, -0.2) is 0 Å². The zero-order chi connectivity index (χ0) is 18.5. The molecule has 2 aromatic rings. The number of rotatable bonds is 1. The van der Waals surface area contributed by atoms with E-state index in [4.69, 9.17) is 10.2 Å². The number of carbonyl (C=O) groups is 1. The summed E-state index contributed by atoms with van der Waals surface area (Å²) in [5.74, 6) is -1.76. The molecule has 0 fully saturated rings. The van der Waals surface area contributed by atoms with E-state index in [2.05, 4.69) is 0 Å². The molecule has 2 rings (SSSR count). The Balaban J connectivity index is 0.000000243. The molecule has 0 heterocycles. The third-order valence-corrected chi connectivity index (χ3v) is 2.71. The number of carbonyl (C=O) groups excluding carboxylic acids is 1. The fraction of sp³-hybridized carbons (Fsp3) is 0.133. The molecule has 0 atom stereocenters. The van der Waals surface area contributed by atoms with Crippen LogP contribution >= 0.6 is 0 Å². The molecule has 0 radical (unpaired) electrons. The van der Waals surface area contributed by atoms with Crippen LogP contribution in [0.25, 0.3) is 0 Å². The lowest BCUT2D eigenvalue weighted by Gasteiger charge is -2.09. The molecule has 0 aliphatic carbocycles. The Kier molecular flexibility index (Phi) is 5.83. The summed E-state index contributed by atoms with van der Waals surface area (Å²) in [6, 6.07) is 7.28. The van der Waals surface area contributed by atoms with Crippen LogP contribution in [0.4, 0.5) is 26.3 Å². The lowest BCUT2D eigenvalue weighted by molar-refractivity contribution is -0.139. The lowest BCUT2D eigenvalue weighted by atomic mass is 10.1. The molecule has 0 spiro atoms. The predicted molar refractivity (Wildman–Crippen MR) is 71.6 cm³/mol. The van der Waals surface area contributed by atoms with Crippen molar-refractivity contribution in [2.45, 2.75) is 12.4 Å². The molecule has 24 heavy (non-hydrogen) atoms. The first-order valence-electron chi connectivity index (χ1n) is 6.18. The van der Waals surface area contributed by atoms with Crippen molar-refractivity contribution in [3.63, 3.8) is 0 Å². The second-order valence-corrected chi connectivity index (χ2v) is 4.37. The second kappa shape index (κ2) is 7.24. The van der Waals surface area contributed by atoms with E-state index in [-0.39, 0.29) is 11.8 Å². The summed E-state index contributed by atoms with van der Waals surface area (Å²) in [7, 11) is 0. The first kappa shape index (κ1) is 19.3. The summed E-state index contributed by atoms with van der Waals surface area (Å²) in [6.45, 7) is 0. The van der Waals surface area contributed by atoms with Crippen LogP contribution in [-0.2, 0) is 12.4 Å². The molecule has 0 aromatic heterocycles. The van der Waals surface area contributed by atoms with E-state index in [1.165, 1.54) is 12.1 Å². The Morgan fingerprint density at radius 2 is 1.25 bits per heavy atom. The third kappa shape index (κ3) is 4.90. The maximum atomic E-state index is 12.1. The van der Waals surface area contributed by atoms with Gasteiger partial charge in [-0.05, 0) is 24.3 Å². The summed E-state index contributed by atoms with van der Waals surface area (Å²) < 4.78 is 71.9. The van der Waals surface area contributed by atoms with Crippen LogP contribution in [0.1, 0.15) is 21.5 Å². The van der Waals surface area contributed by atoms with Crippen LogP contribution in [-0.4, -0.2) is 16.5 Å². The maximum Gasteiger partial charge on any atom is 0.419 e. The Morgan fingerprint density at radius 1 is 0.750 bits per heavy atom. The Morgan fingerprint density at radius 3 is 1.67 bits per heavy atom. The van der Waals surface area contributed by atoms with Crippen molar-refractivity contribution in [1.82, 2.24) is 0 Å². The van der Waals surface area contributed by atoms with Gasteiger partial charge in [0, 0.05) is 0 Å². The minimum absolute atomic E-state index is 0.171. The van der Waals surface area contributed by atoms with Gasteiger partial charge < -0.3 is 10.2 Å². The highest BCUT2D eigenvalue weighted by atomic mass is 19.4. The number of phenols is 2. The zero-order valence-electron chi connectivity index (χ0n) is 11.7. The van der Waals surface area contributed by atoms with Gasteiger partial charge in [-0.1, -0.05) is 18.2 Å². The largest absolute Gasteiger partial charge is 0.507 e. The molecular weight excluding hydrogens is 342 g/mol. The van der Waals surface area contributed by atoms with Gasteiger partial charge in [-0.15, -0.1) is 0 Å². The zero-order valence-corrected chi connectivity index (χ0v) is 11.7. The molecule has 0 amide bonds. The molecule has 0 unspecified atom stereocenters.